The lowest BCUT2D eigenvalue weighted by atomic mass is 10.3. The molecule has 0 saturated heterocycles. The number of aryl methyl sites for hydroxylation is 1. The zero-order chi connectivity index (χ0) is 20.4. The van der Waals surface area contributed by atoms with Gasteiger partial charge in [0.05, 0.1) is 5.75 Å². The first-order valence-corrected chi connectivity index (χ1v) is 11.8. The van der Waals surface area contributed by atoms with Gasteiger partial charge in [-0.05, 0) is 43.0 Å². The third kappa shape index (κ3) is 4.02. The number of imidazole rings is 1. The van der Waals surface area contributed by atoms with Gasteiger partial charge in [-0.25, -0.2) is 4.98 Å². The van der Waals surface area contributed by atoms with Gasteiger partial charge in [-0.1, -0.05) is 41.7 Å². The van der Waals surface area contributed by atoms with E-state index in [4.69, 9.17) is 0 Å². The van der Waals surface area contributed by atoms with Crippen LogP contribution in [0.1, 0.15) is 5.01 Å². The summed E-state index contributed by atoms with van der Waals surface area (Å²) in [7, 11) is -3.84. The zero-order valence-corrected chi connectivity index (χ0v) is 17.6. The fraction of sp³-hybridized carbons (Fsp3) is 0.111. The van der Waals surface area contributed by atoms with E-state index in [-0.39, 0.29) is 16.6 Å². The second kappa shape index (κ2) is 7.93. The molecule has 4 rings (SSSR count). The highest BCUT2D eigenvalue weighted by atomic mass is 32.2. The number of anilines is 1. The van der Waals surface area contributed by atoms with Crippen molar-refractivity contribution in [2.45, 2.75) is 17.0 Å². The zero-order valence-electron chi connectivity index (χ0n) is 15.2. The van der Waals surface area contributed by atoms with Crippen molar-refractivity contribution in [2.24, 2.45) is 0 Å². The van der Waals surface area contributed by atoms with Gasteiger partial charge < -0.3 is 0 Å². The van der Waals surface area contributed by atoms with Crippen LogP contribution in [-0.2, 0) is 14.8 Å². The van der Waals surface area contributed by atoms with Crippen molar-refractivity contribution in [2.75, 3.05) is 11.1 Å². The predicted molar refractivity (Wildman–Crippen MR) is 112 cm³/mol. The molecule has 0 unspecified atom stereocenters. The fourth-order valence-electron chi connectivity index (χ4n) is 2.70. The van der Waals surface area contributed by atoms with Crippen molar-refractivity contribution in [1.82, 2.24) is 15.2 Å². The maximum Gasteiger partial charge on any atom is 0.336 e. The van der Waals surface area contributed by atoms with Crippen LogP contribution in [-0.4, -0.2) is 35.3 Å². The molecule has 29 heavy (non-hydrogen) atoms. The van der Waals surface area contributed by atoms with Crippen molar-refractivity contribution >= 4 is 55.2 Å². The predicted octanol–water partition coefficient (Wildman–Crippen LogP) is 2.58. The van der Waals surface area contributed by atoms with Crippen LogP contribution in [0.2, 0.25) is 0 Å². The molecule has 2 aromatic carbocycles. The molecule has 11 heteroatoms. The lowest BCUT2D eigenvalue weighted by Gasteiger charge is -2.04. The van der Waals surface area contributed by atoms with Crippen LogP contribution in [0, 0.1) is 6.92 Å². The van der Waals surface area contributed by atoms with Gasteiger partial charge in [0.15, 0.2) is 11.0 Å². The number of nitrogens with one attached hydrogen (secondary N) is 2. The molecule has 0 fully saturated rings. The normalized spacial score (nSPS) is 11.6. The van der Waals surface area contributed by atoms with Crippen molar-refractivity contribution in [3.8, 4) is 0 Å². The quantitative estimate of drug-likeness (QED) is 0.348. The van der Waals surface area contributed by atoms with E-state index in [0.29, 0.717) is 21.3 Å². The number of aromatic nitrogens is 4. The van der Waals surface area contributed by atoms with Gasteiger partial charge in [0.25, 0.3) is 0 Å². The van der Waals surface area contributed by atoms with E-state index in [0.717, 1.165) is 16.8 Å². The van der Waals surface area contributed by atoms with E-state index in [1.54, 1.807) is 55.5 Å². The number of rotatable bonds is 6. The monoisotopic (exact) mass is 446 g/mol. The first-order chi connectivity index (χ1) is 13.9. The van der Waals surface area contributed by atoms with Crippen molar-refractivity contribution < 1.29 is 17.2 Å². The lowest BCUT2D eigenvalue weighted by molar-refractivity contribution is -0.526. The molecular formula is C18H16N5O3S3+. The van der Waals surface area contributed by atoms with E-state index in [1.807, 2.05) is 6.07 Å². The molecule has 0 atom stereocenters. The molecule has 8 nitrogen and oxygen atoms in total. The van der Waals surface area contributed by atoms with Crippen molar-refractivity contribution in [3.63, 3.8) is 0 Å². The minimum Gasteiger partial charge on any atom is -0.300 e. The number of hydrogen-bond donors (Lipinski definition) is 2. The van der Waals surface area contributed by atoms with Crippen molar-refractivity contribution in [1.29, 1.82) is 0 Å². The second-order valence-electron chi connectivity index (χ2n) is 5.99. The number of hydrogen-bond acceptors (Lipinski definition) is 7. The van der Waals surface area contributed by atoms with Gasteiger partial charge in [-0.15, -0.1) is 14.2 Å². The van der Waals surface area contributed by atoms with Gasteiger partial charge in [-0.3, -0.25) is 10.1 Å². The van der Waals surface area contributed by atoms with Gasteiger partial charge >= 0.3 is 15.2 Å². The molecule has 1 amide bonds. The molecule has 0 bridgehead atoms. The SMILES string of the molecule is Cc1nnc(NC(=O)CSc2[nH]c3ccccc3[n+]2S(=O)(=O)c2ccccc2)s1. The molecule has 0 aliphatic heterocycles. The second-order valence-corrected chi connectivity index (χ2v) is 9.93. The number of amides is 1. The van der Waals surface area contributed by atoms with Crippen LogP contribution in [0.5, 0.6) is 0 Å². The Balaban J connectivity index is 1.66. The average molecular weight is 447 g/mol. The maximum absolute atomic E-state index is 13.3. The molecule has 2 aromatic heterocycles. The van der Waals surface area contributed by atoms with E-state index in [2.05, 4.69) is 20.5 Å². The fourth-order valence-corrected chi connectivity index (χ4v) is 5.89. The van der Waals surface area contributed by atoms with E-state index >= 15 is 0 Å². The van der Waals surface area contributed by atoms with Gasteiger partial charge in [0, 0.05) is 0 Å². The van der Waals surface area contributed by atoms with Gasteiger partial charge in [-0.2, -0.15) is 8.42 Å². The molecular weight excluding hydrogens is 430 g/mol. The summed E-state index contributed by atoms with van der Waals surface area (Å²) < 4.78 is 27.8. The van der Waals surface area contributed by atoms with Crippen LogP contribution in [0.3, 0.4) is 0 Å². The number of fused-ring (bicyclic) bond motifs is 1. The molecule has 0 aliphatic rings. The molecule has 0 saturated carbocycles. The first kappa shape index (κ1) is 19.6. The maximum atomic E-state index is 13.3. The molecule has 0 spiro atoms. The minimum absolute atomic E-state index is 0.00968. The highest BCUT2D eigenvalue weighted by molar-refractivity contribution is 8.00. The highest BCUT2D eigenvalue weighted by Crippen LogP contribution is 2.22. The lowest BCUT2D eigenvalue weighted by Crippen LogP contribution is -2.44. The minimum atomic E-state index is -3.84. The van der Waals surface area contributed by atoms with Gasteiger partial charge in [0.1, 0.15) is 9.90 Å². The van der Waals surface area contributed by atoms with E-state index in [1.165, 1.54) is 15.3 Å². The van der Waals surface area contributed by atoms with E-state index in [9.17, 15) is 13.2 Å². The standard InChI is InChI=1S/C18H15N5O3S3/c1-12-21-22-17(28-12)20-16(24)11-27-18-19-14-9-5-6-10-15(14)23(18)29(25,26)13-7-3-2-4-8-13/h2-10H,11H2,1H3,(H,20,22,24)/p+1. The van der Waals surface area contributed by atoms with Gasteiger partial charge in [0.2, 0.25) is 11.0 Å². The van der Waals surface area contributed by atoms with Crippen LogP contribution in [0.15, 0.2) is 64.6 Å². The number of carbonyl (C=O) groups is 1. The number of para-hydroxylation sites is 2. The smallest absolute Gasteiger partial charge is 0.300 e. The average Bonchev–Trinajstić information content (AvgIpc) is 3.30. The summed E-state index contributed by atoms with van der Waals surface area (Å²) in [5, 5.41) is 11.9. The Hall–Kier alpha value is -2.76. The Kier molecular flexibility index (Phi) is 5.35. The summed E-state index contributed by atoms with van der Waals surface area (Å²) in [6.45, 7) is 1.80. The van der Waals surface area contributed by atoms with Crippen LogP contribution < -0.4 is 9.29 Å². The summed E-state index contributed by atoms with van der Waals surface area (Å²) >= 11 is 2.38. The molecule has 2 N–H and O–H groups in total. The Labute approximate surface area is 175 Å². The summed E-state index contributed by atoms with van der Waals surface area (Å²) in [6.07, 6.45) is 0. The third-order valence-corrected chi connectivity index (χ3v) is 7.50. The largest absolute Gasteiger partial charge is 0.336 e. The Morgan fingerprint density at radius 1 is 1.14 bits per heavy atom. The highest BCUT2D eigenvalue weighted by Gasteiger charge is 2.31. The Morgan fingerprint density at radius 2 is 1.86 bits per heavy atom. The number of nitrogens with zero attached hydrogens (tertiary/aromatic N) is 3. The number of benzene rings is 2. The van der Waals surface area contributed by atoms with E-state index < -0.39 is 10.0 Å². The molecule has 148 valence electrons. The molecule has 0 radical (unpaired) electrons. The summed E-state index contributed by atoms with van der Waals surface area (Å²) in [6, 6.07) is 15.3. The number of carbonyl (C=O) groups excluding carboxylic acids is 1. The van der Waals surface area contributed by atoms with Crippen LogP contribution >= 0.6 is 23.1 Å². The number of thioether (sulfide) groups is 1. The van der Waals surface area contributed by atoms with Crippen LogP contribution in [0.25, 0.3) is 11.0 Å². The Morgan fingerprint density at radius 3 is 2.59 bits per heavy atom. The van der Waals surface area contributed by atoms with Crippen molar-refractivity contribution in [3.05, 3.63) is 59.6 Å². The summed E-state index contributed by atoms with van der Waals surface area (Å²) in [5.74, 6) is -0.288. The molecule has 4 aromatic rings. The third-order valence-electron chi connectivity index (χ3n) is 3.94. The van der Waals surface area contributed by atoms with Crippen LogP contribution in [0.4, 0.5) is 5.13 Å². The molecule has 0 aliphatic carbocycles. The molecule has 2 heterocycles. The topological polar surface area (TPSA) is 109 Å². The first-order valence-electron chi connectivity index (χ1n) is 8.51. The number of aromatic amines is 1. The Bertz CT molecular complexity index is 1280. The summed E-state index contributed by atoms with van der Waals surface area (Å²) in [4.78, 5) is 15.6. The summed E-state index contributed by atoms with van der Waals surface area (Å²) in [5.41, 5.74) is 1.17. The number of H-pyrrole nitrogens is 1.